The highest BCUT2D eigenvalue weighted by atomic mass is 35.5. The number of carbonyl (C=O) groups excluding carboxylic acids is 2. The van der Waals surface area contributed by atoms with E-state index < -0.39 is 0 Å². The second kappa shape index (κ2) is 10.0. The van der Waals surface area contributed by atoms with Crippen LogP contribution in [-0.2, 0) is 17.6 Å². The number of benzene rings is 2. The molecule has 2 aromatic carbocycles. The van der Waals surface area contributed by atoms with Gasteiger partial charge in [-0.2, -0.15) is 0 Å². The van der Waals surface area contributed by atoms with Crippen molar-refractivity contribution in [1.82, 2.24) is 4.98 Å². The van der Waals surface area contributed by atoms with Crippen LogP contribution in [0.3, 0.4) is 0 Å². The number of hydrogen-bond donors (Lipinski definition) is 1. The number of thiophene rings is 1. The fourth-order valence-electron chi connectivity index (χ4n) is 4.94. The molecule has 4 aromatic rings. The summed E-state index contributed by atoms with van der Waals surface area (Å²) in [6, 6.07) is 15.1. The van der Waals surface area contributed by atoms with Crippen molar-refractivity contribution in [1.29, 1.82) is 0 Å². The van der Waals surface area contributed by atoms with Crippen molar-refractivity contribution in [3.63, 3.8) is 0 Å². The normalized spacial score (nSPS) is 14.9. The van der Waals surface area contributed by atoms with Crippen molar-refractivity contribution < 1.29 is 14.3 Å². The number of fused-ring (bicyclic) bond motifs is 2. The number of rotatable bonds is 5. The Kier molecular flexibility index (Phi) is 6.82. The van der Waals surface area contributed by atoms with Crippen molar-refractivity contribution >= 4 is 50.7 Å². The molecule has 0 fully saturated rings. The number of esters is 1. The lowest BCUT2D eigenvalue weighted by atomic mass is 9.88. The molecule has 2 heterocycles. The fourth-order valence-corrected chi connectivity index (χ4v) is 6.52. The van der Waals surface area contributed by atoms with Crippen LogP contribution >= 0.6 is 22.9 Å². The topological polar surface area (TPSA) is 68.3 Å². The zero-order valence-electron chi connectivity index (χ0n) is 20.5. The first-order valence-corrected chi connectivity index (χ1v) is 13.3. The van der Waals surface area contributed by atoms with Gasteiger partial charge in [0.05, 0.1) is 28.9 Å². The maximum atomic E-state index is 13.9. The number of nitrogens with zero attached hydrogens (tertiary/aromatic N) is 1. The van der Waals surface area contributed by atoms with E-state index in [-0.39, 0.29) is 18.5 Å². The van der Waals surface area contributed by atoms with Crippen molar-refractivity contribution in [3.8, 4) is 11.3 Å². The number of hydrogen-bond acceptors (Lipinski definition) is 5. The number of para-hydroxylation sites is 1. The van der Waals surface area contributed by atoms with Gasteiger partial charge in [0.1, 0.15) is 5.00 Å². The number of pyridine rings is 1. The number of nitrogens with one attached hydrogen (secondary N) is 1. The Morgan fingerprint density at radius 2 is 1.97 bits per heavy atom. The number of amides is 1. The van der Waals surface area contributed by atoms with E-state index in [4.69, 9.17) is 21.3 Å². The highest BCUT2D eigenvalue weighted by Gasteiger charge is 2.30. The summed E-state index contributed by atoms with van der Waals surface area (Å²) < 4.78 is 5.38. The van der Waals surface area contributed by atoms with Crippen molar-refractivity contribution in [3.05, 3.63) is 80.7 Å². The molecule has 5 rings (SSSR count). The van der Waals surface area contributed by atoms with Crippen LogP contribution in [0.15, 0.2) is 48.5 Å². The molecule has 0 aliphatic heterocycles. The van der Waals surface area contributed by atoms with E-state index in [0.717, 1.165) is 46.2 Å². The van der Waals surface area contributed by atoms with Crippen LogP contribution in [0.4, 0.5) is 5.00 Å². The average Bonchev–Trinajstić information content (AvgIpc) is 3.20. The van der Waals surface area contributed by atoms with E-state index in [1.54, 1.807) is 6.92 Å². The maximum absolute atomic E-state index is 13.9. The standard InChI is InChI=1S/C29H27ClN2O3S/c1-4-35-29(34)25-21-13-12-16(2)14-23(21)36-28(25)32-27(33)24-17(3)26(18-8-7-9-19(30)15-18)31-22-11-6-5-10-20(22)24/h5-11,15-16H,4,12-14H2,1-3H3,(H,32,33). The second-order valence-corrected chi connectivity index (χ2v) is 10.8. The third-order valence-electron chi connectivity index (χ3n) is 6.68. The number of aromatic nitrogens is 1. The van der Waals surface area contributed by atoms with E-state index in [1.807, 2.05) is 55.5 Å². The quantitative estimate of drug-likeness (QED) is 0.278. The van der Waals surface area contributed by atoms with Gasteiger partial charge in [-0.3, -0.25) is 4.79 Å². The van der Waals surface area contributed by atoms with Gasteiger partial charge in [-0.1, -0.05) is 48.9 Å². The first-order valence-electron chi connectivity index (χ1n) is 12.2. The molecule has 0 bridgehead atoms. The van der Waals surface area contributed by atoms with E-state index in [2.05, 4.69) is 12.2 Å². The molecule has 7 heteroatoms. The van der Waals surface area contributed by atoms with Gasteiger partial charge in [-0.05, 0) is 68.4 Å². The maximum Gasteiger partial charge on any atom is 0.341 e. The van der Waals surface area contributed by atoms with Gasteiger partial charge < -0.3 is 10.1 Å². The average molecular weight is 519 g/mol. The predicted octanol–water partition coefficient (Wildman–Crippen LogP) is 7.48. The highest BCUT2D eigenvalue weighted by Crippen LogP contribution is 2.41. The molecule has 2 aromatic heterocycles. The zero-order chi connectivity index (χ0) is 25.4. The summed E-state index contributed by atoms with van der Waals surface area (Å²) in [5.41, 5.74) is 5.06. The molecule has 36 heavy (non-hydrogen) atoms. The summed E-state index contributed by atoms with van der Waals surface area (Å²) in [6.07, 6.45) is 2.73. The molecule has 1 atom stereocenters. The van der Waals surface area contributed by atoms with E-state index >= 15 is 0 Å². The Balaban J connectivity index is 1.62. The molecule has 0 saturated carbocycles. The summed E-state index contributed by atoms with van der Waals surface area (Å²) in [5.74, 6) is -0.108. The van der Waals surface area contributed by atoms with Gasteiger partial charge in [-0.25, -0.2) is 9.78 Å². The summed E-state index contributed by atoms with van der Waals surface area (Å²) in [4.78, 5) is 32.9. The molecule has 1 unspecified atom stereocenters. The first-order chi connectivity index (χ1) is 17.4. The third kappa shape index (κ3) is 4.51. The van der Waals surface area contributed by atoms with Crippen molar-refractivity contribution in [2.24, 2.45) is 5.92 Å². The van der Waals surface area contributed by atoms with Gasteiger partial charge in [0.25, 0.3) is 5.91 Å². The monoisotopic (exact) mass is 518 g/mol. The lowest BCUT2D eigenvalue weighted by Gasteiger charge is -2.18. The van der Waals surface area contributed by atoms with Gasteiger partial charge in [0.15, 0.2) is 0 Å². The summed E-state index contributed by atoms with van der Waals surface area (Å²) in [6.45, 7) is 6.19. The number of ether oxygens (including phenoxy) is 1. The second-order valence-electron chi connectivity index (χ2n) is 9.22. The Hall–Kier alpha value is -3.22. The number of anilines is 1. The number of halogens is 1. The molecular weight excluding hydrogens is 492 g/mol. The minimum Gasteiger partial charge on any atom is -0.462 e. The molecule has 0 radical (unpaired) electrons. The first kappa shape index (κ1) is 24.5. The zero-order valence-corrected chi connectivity index (χ0v) is 22.1. The molecule has 0 spiro atoms. The lowest BCUT2D eigenvalue weighted by molar-refractivity contribution is 0.0526. The Labute approximate surface area is 219 Å². The van der Waals surface area contributed by atoms with Gasteiger partial charge in [0.2, 0.25) is 0 Å². The van der Waals surface area contributed by atoms with Crippen LogP contribution in [0.2, 0.25) is 5.02 Å². The molecule has 5 nitrogen and oxygen atoms in total. The van der Waals surface area contributed by atoms with Gasteiger partial charge >= 0.3 is 5.97 Å². The van der Waals surface area contributed by atoms with E-state index in [0.29, 0.717) is 38.3 Å². The van der Waals surface area contributed by atoms with Crippen LogP contribution in [0.25, 0.3) is 22.2 Å². The van der Waals surface area contributed by atoms with Crippen LogP contribution in [0, 0.1) is 12.8 Å². The van der Waals surface area contributed by atoms with Crippen LogP contribution in [0.1, 0.15) is 57.0 Å². The molecule has 1 N–H and O–H groups in total. The number of carbonyl (C=O) groups is 2. The van der Waals surface area contributed by atoms with Gasteiger partial charge in [-0.15, -0.1) is 11.3 Å². The smallest absolute Gasteiger partial charge is 0.341 e. The molecule has 184 valence electrons. The highest BCUT2D eigenvalue weighted by molar-refractivity contribution is 7.17. The molecule has 0 saturated heterocycles. The minimum absolute atomic E-state index is 0.272. The van der Waals surface area contributed by atoms with Crippen LogP contribution < -0.4 is 5.32 Å². The largest absolute Gasteiger partial charge is 0.462 e. The Morgan fingerprint density at radius 1 is 1.17 bits per heavy atom. The minimum atomic E-state index is -0.379. The van der Waals surface area contributed by atoms with Crippen LogP contribution in [-0.4, -0.2) is 23.5 Å². The van der Waals surface area contributed by atoms with Gasteiger partial charge in [0, 0.05) is 20.8 Å². The Bertz CT molecular complexity index is 1490. The summed E-state index contributed by atoms with van der Waals surface area (Å²) in [7, 11) is 0. The van der Waals surface area contributed by atoms with E-state index in [9.17, 15) is 9.59 Å². The summed E-state index contributed by atoms with van der Waals surface area (Å²) >= 11 is 7.75. The SMILES string of the molecule is CCOC(=O)c1c(NC(=O)c2c(C)c(-c3cccc(Cl)c3)nc3ccccc23)sc2c1CCC(C)C2. The molecule has 1 amide bonds. The summed E-state index contributed by atoms with van der Waals surface area (Å²) in [5, 5.41) is 5.00. The fraction of sp³-hybridized carbons (Fsp3) is 0.276. The van der Waals surface area contributed by atoms with Crippen molar-refractivity contribution in [2.45, 2.75) is 40.0 Å². The third-order valence-corrected chi connectivity index (χ3v) is 8.08. The van der Waals surface area contributed by atoms with Crippen LogP contribution in [0.5, 0.6) is 0 Å². The Morgan fingerprint density at radius 3 is 2.75 bits per heavy atom. The lowest BCUT2D eigenvalue weighted by Crippen LogP contribution is -2.18. The molecular formula is C29H27ClN2O3S. The van der Waals surface area contributed by atoms with E-state index in [1.165, 1.54) is 11.3 Å². The molecule has 1 aliphatic rings. The van der Waals surface area contributed by atoms with Crippen molar-refractivity contribution in [2.75, 3.05) is 11.9 Å². The molecule has 1 aliphatic carbocycles. The predicted molar refractivity (Wildman–Crippen MR) is 146 cm³/mol.